The van der Waals surface area contributed by atoms with E-state index >= 15 is 0 Å². The number of imidazole rings is 1. The van der Waals surface area contributed by atoms with Crippen molar-refractivity contribution in [1.82, 2.24) is 20.2 Å². The summed E-state index contributed by atoms with van der Waals surface area (Å²) in [5, 5.41) is 6.53. The van der Waals surface area contributed by atoms with Gasteiger partial charge in [0.25, 0.3) is 0 Å². The van der Waals surface area contributed by atoms with Gasteiger partial charge in [-0.15, -0.1) is 0 Å². The van der Waals surface area contributed by atoms with Crippen LogP contribution in [0.1, 0.15) is 23.4 Å². The van der Waals surface area contributed by atoms with Gasteiger partial charge in [0.05, 0.1) is 5.69 Å². The van der Waals surface area contributed by atoms with Crippen LogP contribution >= 0.6 is 0 Å². The average Bonchev–Trinajstić information content (AvgIpc) is 3.14. The molecule has 3 aromatic rings. The molecule has 0 aliphatic rings. The van der Waals surface area contributed by atoms with Crippen LogP contribution in [0.25, 0.3) is 5.69 Å². The summed E-state index contributed by atoms with van der Waals surface area (Å²) in [6, 6.07) is 15.6. The number of hydrogen-bond donors (Lipinski definition) is 2. The first-order valence-corrected chi connectivity index (χ1v) is 9.44. The molecule has 1 aromatic heterocycles. The molecule has 0 spiro atoms. The summed E-state index contributed by atoms with van der Waals surface area (Å²) < 4.78 is 16.2. The summed E-state index contributed by atoms with van der Waals surface area (Å²) in [5.41, 5.74) is 2.68. The first-order valence-electron chi connectivity index (χ1n) is 9.44. The first-order chi connectivity index (χ1) is 13.7. The molecule has 0 aliphatic heterocycles. The lowest BCUT2D eigenvalue weighted by Crippen LogP contribution is -2.37. The Bertz CT molecular complexity index is 918. The summed E-state index contributed by atoms with van der Waals surface area (Å²) in [7, 11) is 1.73. The van der Waals surface area contributed by atoms with E-state index in [9.17, 15) is 4.39 Å². The van der Waals surface area contributed by atoms with Gasteiger partial charge in [-0.3, -0.25) is 4.99 Å². The second kappa shape index (κ2) is 9.69. The van der Waals surface area contributed by atoms with Crippen LogP contribution in [0, 0.1) is 12.7 Å². The van der Waals surface area contributed by atoms with E-state index in [-0.39, 0.29) is 5.82 Å². The Kier molecular flexibility index (Phi) is 6.78. The highest BCUT2D eigenvalue weighted by Gasteiger charge is 2.08. The van der Waals surface area contributed by atoms with E-state index in [0.717, 1.165) is 30.8 Å². The lowest BCUT2D eigenvalue weighted by Gasteiger charge is -2.13. The van der Waals surface area contributed by atoms with Crippen molar-refractivity contribution >= 4 is 5.96 Å². The Morgan fingerprint density at radius 2 is 1.93 bits per heavy atom. The third-order valence-corrected chi connectivity index (χ3v) is 4.56. The molecule has 2 aromatic carbocycles. The maximum absolute atomic E-state index is 14.5. The van der Waals surface area contributed by atoms with Crippen molar-refractivity contribution in [2.24, 2.45) is 4.99 Å². The number of aromatic nitrogens is 2. The molecule has 0 bridgehead atoms. The van der Waals surface area contributed by atoms with Gasteiger partial charge >= 0.3 is 0 Å². The maximum Gasteiger partial charge on any atom is 0.191 e. The fourth-order valence-corrected chi connectivity index (χ4v) is 3.04. The monoisotopic (exact) mass is 379 g/mol. The largest absolute Gasteiger partial charge is 0.356 e. The molecule has 0 radical (unpaired) electrons. The molecule has 0 saturated heterocycles. The van der Waals surface area contributed by atoms with Crippen LogP contribution in [0.3, 0.4) is 0 Å². The van der Waals surface area contributed by atoms with Crippen LogP contribution in [0.2, 0.25) is 0 Å². The normalized spacial score (nSPS) is 11.5. The van der Waals surface area contributed by atoms with Crippen LogP contribution in [0.4, 0.5) is 4.39 Å². The summed E-state index contributed by atoms with van der Waals surface area (Å²) in [5.74, 6) is 1.19. The van der Waals surface area contributed by atoms with E-state index in [2.05, 4.69) is 44.9 Å². The number of halogens is 1. The van der Waals surface area contributed by atoms with E-state index in [1.54, 1.807) is 36.1 Å². The number of benzene rings is 2. The van der Waals surface area contributed by atoms with E-state index in [4.69, 9.17) is 0 Å². The molecule has 28 heavy (non-hydrogen) atoms. The molecule has 0 amide bonds. The fourth-order valence-electron chi connectivity index (χ4n) is 3.04. The molecule has 5 nitrogen and oxygen atoms in total. The summed E-state index contributed by atoms with van der Waals surface area (Å²) in [4.78, 5) is 8.37. The molecule has 3 rings (SSSR count). The van der Waals surface area contributed by atoms with Crippen molar-refractivity contribution in [3.8, 4) is 5.69 Å². The van der Waals surface area contributed by atoms with Crippen molar-refractivity contribution in [3.05, 3.63) is 83.7 Å². The van der Waals surface area contributed by atoms with Crippen molar-refractivity contribution in [2.75, 3.05) is 13.6 Å². The van der Waals surface area contributed by atoms with Crippen LogP contribution in [-0.2, 0) is 13.0 Å². The number of aryl methyl sites for hydroxylation is 2. The predicted octanol–water partition coefficient (Wildman–Crippen LogP) is 3.62. The Morgan fingerprint density at radius 3 is 2.61 bits per heavy atom. The topological polar surface area (TPSA) is 54.2 Å². The van der Waals surface area contributed by atoms with Gasteiger partial charge in [-0.2, -0.15) is 0 Å². The molecule has 1 heterocycles. The summed E-state index contributed by atoms with van der Waals surface area (Å²) >= 11 is 0. The number of nitrogens with zero attached hydrogens (tertiary/aromatic N) is 3. The number of rotatable bonds is 7. The molecular formula is C22H26FN5. The van der Waals surface area contributed by atoms with E-state index < -0.39 is 0 Å². The highest BCUT2D eigenvalue weighted by Crippen LogP contribution is 2.16. The SMILES string of the molecule is CN=C(NCCCc1ccccc1)NCc1ccc(-n2ccnc2C)c(F)c1. The van der Waals surface area contributed by atoms with E-state index in [1.165, 1.54) is 5.56 Å². The van der Waals surface area contributed by atoms with E-state index in [1.807, 2.05) is 19.1 Å². The van der Waals surface area contributed by atoms with E-state index in [0.29, 0.717) is 18.2 Å². The minimum absolute atomic E-state index is 0.272. The number of nitrogens with one attached hydrogen (secondary N) is 2. The molecule has 146 valence electrons. The average molecular weight is 379 g/mol. The minimum atomic E-state index is -0.272. The zero-order valence-corrected chi connectivity index (χ0v) is 16.3. The third kappa shape index (κ3) is 5.19. The van der Waals surface area contributed by atoms with Gasteiger partial charge in [0.15, 0.2) is 5.96 Å². The quantitative estimate of drug-likeness (QED) is 0.375. The third-order valence-electron chi connectivity index (χ3n) is 4.56. The lowest BCUT2D eigenvalue weighted by atomic mass is 10.1. The Labute approximate surface area is 165 Å². The fraction of sp³-hybridized carbons (Fsp3) is 0.273. The predicted molar refractivity (Wildman–Crippen MR) is 111 cm³/mol. The molecule has 0 unspecified atom stereocenters. The zero-order chi connectivity index (χ0) is 19.8. The van der Waals surface area contributed by atoms with Gasteiger partial charge in [0.1, 0.15) is 11.6 Å². The highest BCUT2D eigenvalue weighted by molar-refractivity contribution is 5.79. The molecule has 0 atom stereocenters. The minimum Gasteiger partial charge on any atom is -0.356 e. The van der Waals surface area contributed by atoms with Crippen LogP contribution < -0.4 is 10.6 Å². The number of guanidine groups is 1. The Hall–Kier alpha value is -3.15. The van der Waals surface area contributed by atoms with Crippen molar-refractivity contribution < 1.29 is 4.39 Å². The summed E-state index contributed by atoms with van der Waals surface area (Å²) in [6.45, 7) is 3.17. The van der Waals surface area contributed by atoms with Gasteiger partial charge in [0, 0.05) is 32.5 Å². The van der Waals surface area contributed by atoms with Crippen molar-refractivity contribution in [3.63, 3.8) is 0 Å². The number of hydrogen-bond acceptors (Lipinski definition) is 2. The molecular weight excluding hydrogens is 353 g/mol. The van der Waals surface area contributed by atoms with Gasteiger partial charge in [-0.05, 0) is 43.0 Å². The standard InChI is InChI=1S/C22H26FN5/c1-17-25-13-14-28(17)21-11-10-19(15-20(21)23)16-27-22(24-2)26-12-6-9-18-7-4-3-5-8-18/h3-5,7-8,10-11,13-15H,6,9,12,16H2,1-2H3,(H2,24,26,27). The van der Waals surface area contributed by atoms with Crippen LogP contribution in [-0.4, -0.2) is 29.1 Å². The molecule has 6 heteroatoms. The zero-order valence-electron chi connectivity index (χ0n) is 16.3. The molecule has 0 aliphatic carbocycles. The second-order valence-corrected chi connectivity index (χ2v) is 6.57. The molecule has 0 fully saturated rings. The molecule has 2 N–H and O–H groups in total. The van der Waals surface area contributed by atoms with Crippen molar-refractivity contribution in [1.29, 1.82) is 0 Å². The van der Waals surface area contributed by atoms with Crippen molar-refractivity contribution in [2.45, 2.75) is 26.3 Å². The first kappa shape index (κ1) is 19.6. The van der Waals surface area contributed by atoms with Crippen LogP contribution in [0.5, 0.6) is 0 Å². The smallest absolute Gasteiger partial charge is 0.191 e. The van der Waals surface area contributed by atoms with Crippen LogP contribution in [0.15, 0.2) is 65.9 Å². The summed E-state index contributed by atoms with van der Waals surface area (Å²) in [6.07, 6.45) is 5.45. The lowest BCUT2D eigenvalue weighted by molar-refractivity contribution is 0.613. The highest BCUT2D eigenvalue weighted by atomic mass is 19.1. The van der Waals surface area contributed by atoms with Gasteiger partial charge < -0.3 is 15.2 Å². The van der Waals surface area contributed by atoms with Gasteiger partial charge in [-0.1, -0.05) is 36.4 Å². The Balaban J connectivity index is 1.48. The Morgan fingerprint density at radius 1 is 1.11 bits per heavy atom. The van der Waals surface area contributed by atoms with Gasteiger partial charge in [-0.25, -0.2) is 9.37 Å². The second-order valence-electron chi connectivity index (χ2n) is 6.57. The van der Waals surface area contributed by atoms with Gasteiger partial charge in [0.2, 0.25) is 0 Å². The maximum atomic E-state index is 14.5. The number of aliphatic imine (C=N–C) groups is 1. The molecule has 0 saturated carbocycles.